The summed E-state index contributed by atoms with van der Waals surface area (Å²) in [6.07, 6.45) is 0. The van der Waals surface area contributed by atoms with Crippen molar-refractivity contribution in [3.63, 3.8) is 0 Å². The van der Waals surface area contributed by atoms with Crippen LogP contribution < -0.4 is 10.6 Å². The van der Waals surface area contributed by atoms with Gasteiger partial charge in [0.05, 0.1) is 5.66 Å². The van der Waals surface area contributed by atoms with E-state index in [0.717, 1.165) is 6.54 Å². The van der Waals surface area contributed by atoms with E-state index in [1.165, 1.54) is 11.1 Å². The van der Waals surface area contributed by atoms with E-state index in [2.05, 4.69) is 90.3 Å². The van der Waals surface area contributed by atoms with E-state index in [0.29, 0.717) is 0 Å². The Kier molecular flexibility index (Phi) is 5.04. The molecule has 1 aromatic carbocycles. The predicted molar refractivity (Wildman–Crippen MR) is 88.9 cm³/mol. The highest BCUT2D eigenvalue weighted by Crippen LogP contribution is 2.22. The Morgan fingerprint density at radius 2 is 1.30 bits per heavy atom. The normalized spacial score (nSPS) is 13.6. The van der Waals surface area contributed by atoms with Gasteiger partial charge in [0.25, 0.3) is 0 Å². The Bertz CT molecular complexity index is 416. The van der Waals surface area contributed by atoms with Gasteiger partial charge in [-0.25, -0.2) is 0 Å². The van der Waals surface area contributed by atoms with Crippen LogP contribution in [0.2, 0.25) is 0 Å². The van der Waals surface area contributed by atoms with Crippen molar-refractivity contribution in [1.29, 1.82) is 0 Å². The van der Waals surface area contributed by atoms with E-state index >= 15 is 0 Å². The fourth-order valence-corrected chi connectivity index (χ4v) is 2.43. The van der Waals surface area contributed by atoms with Gasteiger partial charge in [-0.1, -0.05) is 45.0 Å². The van der Waals surface area contributed by atoms with Crippen LogP contribution in [0.5, 0.6) is 0 Å². The minimum Gasteiger partial charge on any atom is -0.296 e. The van der Waals surface area contributed by atoms with Gasteiger partial charge in [0.15, 0.2) is 0 Å². The number of hydrogen-bond donors (Lipinski definition) is 2. The van der Waals surface area contributed by atoms with E-state index in [1.54, 1.807) is 0 Å². The Labute approximate surface area is 125 Å². The first-order valence-electron chi connectivity index (χ1n) is 7.53. The molecular formula is C18H32N2. The van der Waals surface area contributed by atoms with E-state index in [9.17, 15) is 0 Å². The number of benzene rings is 1. The number of nitrogens with one attached hydrogen (secondary N) is 2. The molecule has 0 fully saturated rings. The third-order valence-electron chi connectivity index (χ3n) is 3.24. The second-order valence-electron chi connectivity index (χ2n) is 8.30. The Morgan fingerprint density at radius 1 is 0.800 bits per heavy atom. The van der Waals surface area contributed by atoms with Gasteiger partial charge in [0, 0.05) is 12.1 Å². The number of hydrogen-bond acceptors (Lipinski definition) is 2. The van der Waals surface area contributed by atoms with Crippen LogP contribution in [-0.2, 0) is 12.0 Å². The highest BCUT2D eigenvalue weighted by molar-refractivity contribution is 5.27. The van der Waals surface area contributed by atoms with Crippen molar-refractivity contribution in [3.8, 4) is 0 Å². The standard InChI is InChI=1S/C18H32N2/c1-16(2,3)15-11-9-14(10-12-15)13-19-18(7,8)20-17(4,5)6/h9-12,19-20H,13H2,1-8H3. The molecule has 0 aliphatic carbocycles. The SMILES string of the molecule is CC(C)(C)NC(C)(C)NCc1ccc(C(C)(C)C)cc1. The van der Waals surface area contributed by atoms with Crippen LogP contribution in [0, 0.1) is 0 Å². The van der Waals surface area contributed by atoms with Gasteiger partial charge in [0.2, 0.25) is 0 Å². The van der Waals surface area contributed by atoms with Crippen molar-refractivity contribution >= 4 is 0 Å². The van der Waals surface area contributed by atoms with Crippen LogP contribution in [0.3, 0.4) is 0 Å². The van der Waals surface area contributed by atoms with Crippen LogP contribution in [-0.4, -0.2) is 11.2 Å². The highest BCUT2D eigenvalue weighted by Gasteiger charge is 2.23. The summed E-state index contributed by atoms with van der Waals surface area (Å²) in [5.41, 5.74) is 2.95. The molecule has 1 aromatic rings. The largest absolute Gasteiger partial charge is 0.296 e. The van der Waals surface area contributed by atoms with Crippen molar-refractivity contribution in [2.75, 3.05) is 0 Å². The lowest BCUT2D eigenvalue weighted by molar-refractivity contribution is 0.233. The molecule has 0 aliphatic heterocycles. The molecule has 0 saturated heterocycles. The van der Waals surface area contributed by atoms with Crippen molar-refractivity contribution in [2.45, 2.75) is 78.6 Å². The molecule has 114 valence electrons. The monoisotopic (exact) mass is 276 g/mol. The zero-order valence-electron chi connectivity index (χ0n) is 14.5. The molecule has 2 heteroatoms. The van der Waals surface area contributed by atoms with Crippen LogP contribution in [0.15, 0.2) is 24.3 Å². The Morgan fingerprint density at radius 3 is 1.70 bits per heavy atom. The van der Waals surface area contributed by atoms with Crippen LogP contribution in [0.25, 0.3) is 0 Å². The maximum absolute atomic E-state index is 3.59. The average molecular weight is 276 g/mol. The van der Waals surface area contributed by atoms with Gasteiger partial charge in [0.1, 0.15) is 0 Å². The summed E-state index contributed by atoms with van der Waals surface area (Å²) >= 11 is 0. The summed E-state index contributed by atoms with van der Waals surface area (Å²) < 4.78 is 0. The molecule has 0 amide bonds. The second-order valence-corrected chi connectivity index (χ2v) is 8.30. The summed E-state index contributed by atoms with van der Waals surface area (Å²) in [4.78, 5) is 0. The zero-order valence-corrected chi connectivity index (χ0v) is 14.5. The molecule has 0 heterocycles. The fourth-order valence-electron chi connectivity index (χ4n) is 2.43. The zero-order chi connectivity index (χ0) is 15.6. The van der Waals surface area contributed by atoms with Gasteiger partial charge in [-0.15, -0.1) is 0 Å². The van der Waals surface area contributed by atoms with Crippen molar-refractivity contribution in [2.24, 2.45) is 0 Å². The molecule has 20 heavy (non-hydrogen) atoms. The lowest BCUT2D eigenvalue weighted by Gasteiger charge is -2.36. The van der Waals surface area contributed by atoms with Crippen LogP contribution >= 0.6 is 0 Å². The lowest BCUT2D eigenvalue weighted by Crippen LogP contribution is -2.58. The molecule has 0 unspecified atom stereocenters. The molecule has 0 bridgehead atoms. The molecule has 2 nitrogen and oxygen atoms in total. The minimum atomic E-state index is -0.0824. The highest BCUT2D eigenvalue weighted by atomic mass is 15.2. The fraction of sp³-hybridized carbons (Fsp3) is 0.667. The van der Waals surface area contributed by atoms with E-state index in [1.807, 2.05) is 0 Å². The topological polar surface area (TPSA) is 24.1 Å². The third-order valence-corrected chi connectivity index (χ3v) is 3.24. The second kappa shape index (κ2) is 5.87. The first-order valence-corrected chi connectivity index (χ1v) is 7.53. The van der Waals surface area contributed by atoms with Crippen LogP contribution in [0.1, 0.15) is 66.5 Å². The molecule has 0 spiro atoms. The predicted octanol–water partition coefficient (Wildman–Crippen LogP) is 4.20. The van der Waals surface area contributed by atoms with Gasteiger partial charge < -0.3 is 0 Å². The molecule has 0 atom stereocenters. The Balaban J connectivity index is 2.62. The van der Waals surface area contributed by atoms with E-state index < -0.39 is 0 Å². The first-order chi connectivity index (χ1) is 8.89. The molecule has 0 radical (unpaired) electrons. The molecule has 0 aliphatic rings. The third kappa shape index (κ3) is 6.06. The molecule has 2 N–H and O–H groups in total. The molecule has 0 saturated carbocycles. The van der Waals surface area contributed by atoms with Crippen molar-refractivity contribution in [3.05, 3.63) is 35.4 Å². The summed E-state index contributed by atoms with van der Waals surface area (Å²) in [5, 5.41) is 7.17. The number of rotatable bonds is 4. The smallest absolute Gasteiger partial charge is 0.0635 e. The van der Waals surface area contributed by atoms with Gasteiger partial charge in [-0.05, 0) is 51.2 Å². The summed E-state index contributed by atoms with van der Waals surface area (Å²) in [5.74, 6) is 0. The summed E-state index contributed by atoms with van der Waals surface area (Å²) in [6.45, 7) is 18.5. The summed E-state index contributed by atoms with van der Waals surface area (Å²) in [7, 11) is 0. The first kappa shape index (κ1) is 17.2. The van der Waals surface area contributed by atoms with Crippen molar-refractivity contribution < 1.29 is 0 Å². The van der Waals surface area contributed by atoms with Crippen molar-refractivity contribution in [1.82, 2.24) is 10.6 Å². The maximum atomic E-state index is 3.59. The van der Waals surface area contributed by atoms with E-state index in [4.69, 9.17) is 0 Å². The summed E-state index contributed by atoms with van der Waals surface area (Å²) in [6, 6.07) is 8.92. The minimum absolute atomic E-state index is 0.0824. The lowest BCUT2D eigenvalue weighted by atomic mass is 9.87. The van der Waals surface area contributed by atoms with Gasteiger partial charge in [-0.3, -0.25) is 10.6 Å². The maximum Gasteiger partial charge on any atom is 0.0635 e. The average Bonchev–Trinajstić information content (AvgIpc) is 2.22. The molecular weight excluding hydrogens is 244 g/mol. The quantitative estimate of drug-likeness (QED) is 0.805. The van der Waals surface area contributed by atoms with Crippen LogP contribution in [0.4, 0.5) is 0 Å². The van der Waals surface area contributed by atoms with Gasteiger partial charge >= 0.3 is 0 Å². The Hall–Kier alpha value is -0.860. The van der Waals surface area contributed by atoms with Gasteiger partial charge in [-0.2, -0.15) is 0 Å². The molecule has 1 rings (SSSR count). The molecule has 0 aromatic heterocycles. The van der Waals surface area contributed by atoms with E-state index in [-0.39, 0.29) is 16.6 Å².